The van der Waals surface area contributed by atoms with Gasteiger partial charge < -0.3 is 14.7 Å². The number of carbonyl (C=O) groups is 1. The maximum absolute atomic E-state index is 12.0. The molecular formula is C14H19F3N4O5S. The minimum atomic E-state index is -5.08. The normalized spacial score (nSPS) is 23.3. The summed E-state index contributed by atoms with van der Waals surface area (Å²) in [7, 11) is -3.18. The zero-order valence-corrected chi connectivity index (χ0v) is 15.1. The number of fused-ring (bicyclic) bond motifs is 1. The second-order valence-corrected chi connectivity index (χ2v) is 8.00. The highest BCUT2D eigenvalue weighted by molar-refractivity contribution is 7.89. The quantitative estimate of drug-likeness (QED) is 0.757. The predicted molar refractivity (Wildman–Crippen MR) is 87.6 cm³/mol. The first kappa shape index (κ1) is 21.3. The fourth-order valence-electron chi connectivity index (χ4n) is 2.75. The molecule has 1 aromatic heterocycles. The molecule has 13 heteroatoms. The van der Waals surface area contributed by atoms with E-state index in [9.17, 15) is 21.6 Å². The lowest BCUT2D eigenvalue weighted by Crippen LogP contribution is -2.51. The lowest BCUT2D eigenvalue weighted by atomic mass is 10.1. The average Bonchev–Trinajstić information content (AvgIpc) is 3.07. The summed E-state index contributed by atoms with van der Waals surface area (Å²) in [5.41, 5.74) is 0. The minimum absolute atomic E-state index is 0.00697. The Morgan fingerprint density at radius 1 is 1.33 bits per heavy atom. The number of anilines is 1. The van der Waals surface area contributed by atoms with Crippen LogP contribution in [0.25, 0.3) is 0 Å². The average molecular weight is 412 g/mol. The number of morpholine rings is 1. The molecule has 9 nitrogen and oxygen atoms in total. The number of carboxylic acid groups (broad SMARTS) is 1. The summed E-state index contributed by atoms with van der Waals surface area (Å²) in [4.78, 5) is 19.5. The molecule has 0 amide bonds. The third-order valence-electron chi connectivity index (χ3n) is 4.08. The molecule has 0 aliphatic carbocycles. The van der Waals surface area contributed by atoms with Gasteiger partial charge in [-0.2, -0.15) is 17.5 Å². The number of hydrogen-bond acceptors (Lipinski definition) is 7. The van der Waals surface area contributed by atoms with Gasteiger partial charge in [-0.05, 0) is 13.0 Å². The third-order valence-corrected chi connectivity index (χ3v) is 5.89. The lowest BCUT2D eigenvalue weighted by Gasteiger charge is -2.36. The number of hydrogen-bond donors (Lipinski definition) is 1. The van der Waals surface area contributed by atoms with Crippen molar-refractivity contribution in [2.75, 3.05) is 36.9 Å². The number of halogens is 3. The van der Waals surface area contributed by atoms with E-state index < -0.39 is 22.2 Å². The van der Waals surface area contributed by atoms with E-state index in [0.29, 0.717) is 32.2 Å². The Kier molecular flexibility index (Phi) is 6.59. The van der Waals surface area contributed by atoms with Crippen LogP contribution in [0.15, 0.2) is 18.5 Å². The van der Waals surface area contributed by atoms with Gasteiger partial charge in [-0.25, -0.2) is 23.2 Å². The first-order valence-electron chi connectivity index (χ1n) is 7.99. The lowest BCUT2D eigenvalue weighted by molar-refractivity contribution is -0.192. The maximum atomic E-state index is 12.0. The van der Waals surface area contributed by atoms with Crippen molar-refractivity contribution in [2.45, 2.75) is 25.2 Å². The van der Waals surface area contributed by atoms with Crippen LogP contribution in [-0.2, 0) is 19.6 Å². The van der Waals surface area contributed by atoms with Crippen LogP contribution in [-0.4, -0.2) is 84.1 Å². The van der Waals surface area contributed by atoms with Crippen molar-refractivity contribution in [3.63, 3.8) is 0 Å². The fourth-order valence-corrected chi connectivity index (χ4v) is 3.87. The van der Waals surface area contributed by atoms with Gasteiger partial charge >= 0.3 is 12.1 Å². The number of nitrogens with zero attached hydrogens (tertiary/aromatic N) is 4. The SMILES string of the molecule is CCS(=O)(=O)N1C[C@@H]2OCCN(c3ncccn3)[C@@H]2C1.O=C(O)C(F)(F)F. The molecule has 2 aliphatic rings. The van der Waals surface area contributed by atoms with Gasteiger partial charge in [0.2, 0.25) is 16.0 Å². The molecule has 3 rings (SSSR count). The molecule has 0 aromatic carbocycles. The van der Waals surface area contributed by atoms with E-state index in [1.165, 1.54) is 4.31 Å². The molecule has 2 aliphatic heterocycles. The molecule has 27 heavy (non-hydrogen) atoms. The standard InChI is InChI=1S/C12H18N4O3S.C2HF3O2/c1-2-20(17,18)15-8-10-11(9-15)19-7-6-16(10)12-13-4-3-5-14-12;3-2(4,5)1(6)7/h3-5,10-11H,2,6-9H2,1H3;(H,6,7)/t10-,11+;/m1./s1. The molecule has 0 unspecified atom stereocenters. The number of aromatic nitrogens is 2. The zero-order valence-electron chi connectivity index (χ0n) is 14.3. The highest BCUT2D eigenvalue weighted by Gasteiger charge is 2.44. The smallest absolute Gasteiger partial charge is 0.475 e. The highest BCUT2D eigenvalue weighted by Crippen LogP contribution is 2.27. The minimum Gasteiger partial charge on any atom is -0.475 e. The molecule has 0 spiro atoms. The van der Waals surface area contributed by atoms with Crippen molar-refractivity contribution < 1.29 is 36.2 Å². The van der Waals surface area contributed by atoms with Crippen molar-refractivity contribution in [1.82, 2.24) is 14.3 Å². The van der Waals surface area contributed by atoms with E-state index in [0.717, 1.165) is 0 Å². The predicted octanol–water partition coefficient (Wildman–Crippen LogP) is 0.349. The van der Waals surface area contributed by atoms with Gasteiger partial charge in [0.05, 0.1) is 24.5 Å². The van der Waals surface area contributed by atoms with Crippen molar-refractivity contribution in [2.24, 2.45) is 0 Å². The summed E-state index contributed by atoms with van der Waals surface area (Å²) in [5, 5.41) is 7.12. The molecular weight excluding hydrogens is 393 g/mol. The number of ether oxygens (including phenoxy) is 1. The first-order valence-corrected chi connectivity index (χ1v) is 9.60. The fraction of sp³-hybridized carbons (Fsp3) is 0.643. The number of alkyl halides is 3. The van der Waals surface area contributed by atoms with Crippen LogP contribution in [0, 0.1) is 0 Å². The Morgan fingerprint density at radius 2 is 1.93 bits per heavy atom. The summed E-state index contributed by atoms with van der Waals surface area (Å²) in [5.74, 6) is -2.00. The van der Waals surface area contributed by atoms with Crippen LogP contribution in [0.1, 0.15) is 6.92 Å². The molecule has 1 N–H and O–H groups in total. The van der Waals surface area contributed by atoms with E-state index >= 15 is 0 Å². The van der Waals surface area contributed by atoms with Crippen LogP contribution < -0.4 is 4.90 Å². The number of rotatable bonds is 3. The molecule has 2 saturated heterocycles. The highest BCUT2D eigenvalue weighted by atomic mass is 32.2. The van der Waals surface area contributed by atoms with Crippen molar-refractivity contribution in [3.8, 4) is 0 Å². The van der Waals surface area contributed by atoms with Crippen molar-refractivity contribution >= 4 is 21.9 Å². The van der Waals surface area contributed by atoms with Crippen LogP contribution in [0.3, 0.4) is 0 Å². The monoisotopic (exact) mass is 412 g/mol. The van der Waals surface area contributed by atoms with Crippen LogP contribution in [0.5, 0.6) is 0 Å². The summed E-state index contributed by atoms with van der Waals surface area (Å²) >= 11 is 0. The molecule has 1 aromatic rings. The van der Waals surface area contributed by atoms with Crippen LogP contribution in [0.2, 0.25) is 0 Å². The van der Waals surface area contributed by atoms with E-state index in [2.05, 4.69) is 14.9 Å². The van der Waals surface area contributed by atoms with Crippen molar-refractivity contribution in [1.29, 1.82) is 0 Å². The molecule has 2 fully saturated rings. The molecule has 3 heterocycles. The topological polar surface area (TPSA) is 113 Å². The van der Waals surface area contributed by atoms with Crippen molar-refractivity contribution in [3.05, 3.63) is 18.5 Å². The van der Waals surface area contributed by atoms with E-state index in [1.807, 2.05) is 0 Å². The number of sulfonamides is 1. The summed E-state index contributed by atoms with van der Waals surface area (Å²) in [6.45, 7) is 3.78. The van der Waals surface area contributed by atoms with Gasteiger partial charge in [-0.1, -0.05) is 0 Å². The third kappa shape index (κ3) is 5.26. The Bertz CT molecular complexity index is 747. The molecule has 0 bridgehead atoms. The van der Waals surface area contributed by atoms with Gasteiger partial charge in [-0.3, -0.25) is 0 Å². The first-order chi connectivity index (χ1) is 12.6. The molecule has 152 valence electrons. The van der Waals surface area contributed by atoms with E-state index in [1.54, 1.807) is 25.4 Å². The molecule has 0 saturated carbocycles. The van der Waals surface area contributed by atoms with Gasteiger partial charge in [-0.15, -0.1) is 0 Å². The Labute approximate surface area is 153 Å². The molecule has 0 radical (unpaired) electrons. The summed E-state index contributed by atoms with van der Waals surface area (Å²) in [6, 6.07) is 1.76. The Hall–Kier alpha value is -1.99. The largest absolute Gasteiger partial charge is 0.490 e. The second-order valence-electron chi connectivity index (χ2n) is 5.74. The van der Waals surface area contributed by atoms with Gasteiger partial charge in [0.25, 0.3) is 0 Å². The number of aliphatic carboxylic acids is 1. The number of carboxylic acids is 1. The Balaban J connectivity index is 0.000000321. The molecule has 2 atom stereocenters. The van der Waals surface area contributed by atoms with Crippen LogP contribution >= 0.6 is 0 Å². The second kappa shape index (κ2) is 8.35. The van der Waals surface area contributed by atoms with Gasteiger partial charge in [0.15, 0.2) is 0 Å². The Morgan fingerprint density at radius 3 is 2.44 bits per heavy atom. The van der Waals surface area contributed by atoms with Crippen LogP contribution in [0.4, 0.5) is 19.1 Å². The van der Waals surface area contributed by atoms with E-state index in [-0.39, 0.29) is 17.9 Å². The summed E-state index contributed by atoms with van der Waals surface area (Å²) in [6.07, 6.45) is -1.79. The van der Waals surface area contributed by atoms with Gasteiger partial charge in [0, 0.05) is 32.0 Å². The summed E-state index contributed by atoms with van der Waals surface area (Å²) < 4.78 is 63.0. The van der Waals surface area contributed by atoms with E-state index in [4.69, 9.17) is 14.6 Å². The zero-order chi connectivity index (χ0) is 20.2. The van der Waals surface area contributed by atoms with Gasteiger partial charge in [0.1, 0.15) is 0 Å². The maximum Gasteiger partial charge on any atom is 0.490 e.